The number of fused-ring (bicyclic) bond motifs is 3. The fourth-order valence-electron chi connectivity index (χ4n) is 5.72. The largest absolute Gasteiger partial charge is 0.378 e. The Kier molecular flexibility index (Phi) is 4.54. The molecule has 2 aliphatic carbocycles. The van der Waals surface area contributed by atoms with Crippen LogP contribution in [0.25, 0.3) is 0 Å². The van der Waals surface area contributed by atoms with E-state index in [0.29, 0.717) is 0 Å². The maximum absolute atomic E-state index is 3.81. The lowest BCUT2D eigenvalue weighted by molar-refractivity contribution is 0.660. The van der Waals surface area contributed by atoms with Gasteiger partial charge in [-0.1, -0.05) is 121 Å². The molecule has 0 amide bonds. The molecule has 1 heteroatoms. The van der Waals surface area contributed by atoms with Gasteiger partial charge < -0.3 is 5.32 Å². The molecule has 0 aromatic heterocycles. The lowest BCUT2D eigenvalue weighted by Gasteiger charge is -2.37. The average Bonchev–Trinajstić information content (AvgIpc) is 3.18. The lowest BCUT2D eigenvalue weighted by Crippen LogP contribution is -2.34. The highest BCUT2D eigenvalue weighted by Crippen LogP contribution is 2.59. The molecule has 2 unspecified atom stereocenters. The van der Waals surface area contributed by atoms with Crippen LogP contribution in [0.5, 0.6) is 0 Å². The Morgan fingerprint density at radius 2 is 1.16 bits per heavy atom. The molecular weight excluding hydrogens is 386 g/mol. The van der Waals surface area contributed by atoms with Crippen LogP contribution in [-0.4, -0.2) is 6.04 Å². The fourth-order valence-corrected chi connectivity index (χ4v) is 5.72. The van der Waals surface area contributed by atoms with Gasteiger partial charge in [0.15, 0.2) is 0 Å². The minimum absolute atomic E-state index is 0.188. The standard InChI is InChI=1S/C31H25N/c1-4-13-23(14-5-1)31(24-15-6-2-7-16-24)27-20-11-10-19-26(27)30-28(31)21-12-22-29(30)32-25-17-8-3-9-18-25/h1-22,29-30,32H. The van der Waals surface area contributed by atoms with Crippen molar-refractivity contribution in [1.82, 2.24) is 0 Å². The van der Waals surface area contributed by atoms with Crippen LogP contribution in [0, 0.1) is 0 Å². The monoisotopic (exact) mass is 411 g/mol. The van der Waals surface area contributed by atoms with Crippen molar-refractivity contribution in [2.24, 2.45) is 0 Å². The van der Waals surface area contributed by atoms with Crippen molar-refractivity contribution >= 4 is 5.69 Å². The van der Waals surface area contributed by atoms with Gasteiger partial charge in [-0.25, -0.2) is 0 Å². The van der Waals surface area contributed by atoms with Gasteiger partial charge in [0.2, 0.25) is 0 Å². The summed E-state index contributed by atoms with van der Waals surface area (Å²) in [6, 6.07) is 41.7. The number of para-hydroxylation sites is 1. The van der Waals surface area contributed by atoms with E-state index in [4.69, 9.17) is 0 Å². The van der Waals surface area contributed by atoms with Gasteiger partial charge in [0, 0.05) is 11.6 Å². The van der Waals surface area contributed by atoms with Crippen molar-refractivity contribution < 1.29 is 0 Å². The zero-order valence-corrected chi connectivity index (χ0v) is 17.9. The molecule has 2 atom stereocenters. The topological polar surface area (TPSA) is 12.0 Å². The molecule has 0 radical (unpaired) electrons. The molecule has 0 bridgehead atoms. The van der Waals surface area contributed by atoms with Gasteiger partial charge in [-0.15, -0.1) is 0 Å². The maximum Gasteiger partial charge on any atom is 0.0674 e. The first-order chi connectivity index (χ1) is 15.9. The van der Waals surface area contributed by atoms with Crippen molar-refractivity contribution in [3.8, 4) is 0 Å². The van der Waals surface area contributed by atoms with E-state index in [-0.39, 0.29) is 17.4 Å². The Balaban J connectivity index is 1.60. The van der Waals surface area contributed by atoms with E-state index < -0.39 is 0 Å². The van der Waals surface area contributed by atoms with Gasteiger partial charge >= 0.3 is 0 Å². The van der Waals surface area contributed by atoms with E-state index in [9.17, 15) is 0 Å². The number of allylic oxidation sites excluding steroid dienone is 2. The third-order valence-corrected chi connectivity index (χ3v) is 6.94. The van der Waals surface area contributed by atoms with Crippen molar-refractivity contribution in [2.45, 2.75) is 17.4 Å². The number of nitrogens with one attached hydrogen (secondary N) is 1. The van der Waals surface area contributed by atoms with Gasteiger partial charge in [-0.3, -0.25) is 0 Å². The van der Waals surface area contributed by atoms with E-state index in [0.717, 1.165) is 5.69 Å². The van der Waals surface area contributed by atoms with E-state index >= 15 is 0 Å². The maximum atomic E-state index is 3.81. The zero-order valence-electron chi connectivity index (χ0n) is 17.9. The first kappa shape index (κ1) is 18.9. The number of hydrogen-bond acceptors (Lipinski definition) is 1. The number of benzene rings is 4. The van der Waals surface area contributed by atoms with E-state index in [1.54, 1.807) is 0 Å². The number of rotatable bonds is 4. The lowest BCUT2D eigenvalue weighted by atomic mass is 9.66. The van der Waals surface area contributed by atoms with Crippen molar-refractivity contribution in [1.29, 1.82) is 0 Å². The summed E-state index contributed by atoms with van der Waals surface area (Å²) in [7, 11) is 0. The summed E-state index contributed by atoms with van der Waals surface area (Å²) in [5.74, 6) is 0.261. The van der Waals surface area contributed by atoms with E-state index in [1.807, 2.05) is 0 Å². The third kappa shape index (κ3) is 2.78. The van der Waals surface area contributed by atoms with Gasteiger partial charge in [0.25, 0.3) is 0 Å². The van der Waals surface area contributed by atoms with Crippen molar-refractivity contribution in [2.75, 3.05) is 5.32 Å². The van der Waals surface area contributed by atoms with Crippen molar-refractivity contribution in [3.63, 3.8) is 0 Å². The predicted molar refractivity (Wildman–Crippen MR) is 133 cm³/mol. The molecule has 2 aliphatic rings. The molecule has 1 N–H and O–H groups in total. The number of hydrogen-bond donors (Lipinski definition) is 1. The average molecular weight is 412 g/mol. The van der Waals surface area contributed by atoms with E-state index in [1.165, 1.54) is 27.8 Å². The quantitative estimate of drug-likeness (QED) is 0.378. The zero-order chi connectivity index (χ0) is 21.4. The van der Waals surface area contributed by atoms with Crippen LogP contribution < -0.4 is 5.32 Å². The second-order valence-corrected chi connectivity index (χ2v) is 8.59. The SMILES string of the molecule is C1=CC(Nc2ccccc2)C2C(=C1)C(c1ccccc1)(c1ccccc1)c1ccccc12. The highest BCUT2D eigenvalue weighted by molar-refractivity contribution is 5.71. The number of anilines is 1. The molecule has 0 fully saturated rings. The highest BCUT2D eigenvalue weighted by atomic mass is 14.9. The van der Waals surface area contributed by atoms with Crippen LogP contribution >= 0.6 is 0 Å². The highest BCUT2D eigenvalue weighted by Gasteiger charge is 2.52. The Bertz CT molecular complexity index is 1250. The summed E-state index contributed by atoms with van der Waals surface area (Å²) in [4.78, 5) is 0. The Morgan fingerprint density at radius 1 is 0.594 bits per heavy atom. The van der Waals surface area contributed by atoms with Crippen LogP contribution in [0.2, 0.25) is 0 Å². The summed E-state index contributed by atoms with van der Waals surface area (Å²) in [5, 5.41) is 3.81. The Hall–Kier alpha value is -3.84. The molecule has 1 nitrogen and oxygen atoms in total. The summed E-state index contributed by atoms with van der Waals surface area (Å²) in [5.41, 5.74) is 7.72. The third-order valence-electron chi connectivity index (χ3n) is 6.94. The van der Waals surface area contributed by atoms with Crippen LogP contribution in [0.3, 0.4) is 0 Å². The summed E-state index contributed by atoms with van der Waals surface area (Å²) in [6.45, 7) is 0. The van der Waals surface area contributed by atoms with Crippen LogP contribution in [0.4, 0.5) is 5.69 Å². The molecule has 4 aromatic rings. The predicted octanol–water partition coefficient (Wildman–Crippen LogP) is 7.10. The van der Waals surface area contributed by atoms with E-state index in [2.05, 4.69) is 139 Å². The minimum Gasteiger partial charge on any atom is -0.378 e. The first-order valence-electron chi connectivity index (χ1n) is 11.3. The molecule has 4 aromatic carbocycles. The molecule has 0 spiro atoms. The molecule has 154 valence electrons. The van der Waals surface area contributed by atoms with Crippen LogP contribution in [0.1, 0.15) is 28.2 Å². The summed E-state index contributed by atoms with van der Waals surface area (Å²) in [6.07, 6.45) is 6.90. The van der Waals surface area contributed by atoms with Crippen molar-refractivity contribution in [3.05, 3.63) is 161 Å². The van der Waals surface area contributed by atoms with Gasteiger partial charge in [0.05, 0.1) is 11.5 Å². The Morgan fingerprint density at radius 3 is 1.81 bits per heavy atom. The molecule has 32 heavy (non-hydrogen) atoms. The Labute approximate surface area is 189 Å². The smallest absolute Gasteiger partial charge is 0.0674 e. The second kappa shape index (κ2) is 7.69. The van der Waals surface area contributed by atoms with Gasteiger partial charge in [0.1, 0.15) is 0 Å². The minimum atomic E-state index is -0.300. The van der Waals surface area contributed by atoms with Crippen LogP contribution in [0.15, 0.2) is 139 Å². The van der Waals surface area contributed by atoms with Gasteiger partial charge in [-0.2, -0.15) is 0 Å². The van der Waals surface area contributed by atoms with Crippen LogP contribution in [-0.2, 0) is 5.41 Å². The van der Waals surface area contributed by atoms with Gasteiger partial charge in [-0.05, 0) is 40.0 Å². The normalized spacial score (nSPS) is 20.2. The molecular formula is C31H25N. The fraction of sp³-hybridized carbons (Fsp3) is 0.0968. The summed E-state index contributed by atoms with van der Waals surface area (Å²) < 4.78 is 0. The first-order valence-corrected chi connectivity index (χ1v) is 11.3. The molecule has 0 aliphatic heterocycles. The summed E-state index contributed by atoms with van der Waals surface area (Å²) >= 11 is 0. The second-order valence-electron chi connectivity index (χ2n) is 8.59. The molecule has 0 saturated carbocycles. The molecule has 0 saturated heterocycles. The molecule has 6 rings (SSSR count). The molecule has 0 heterocycles.